The monoisotopic (exact) mass is 399 g/mol. The standard InChI is InChI=1S/C16H18ClN3O3S2/c17-14-4-2-1-3-12(14)10-19-16(21)15-9-13(11-18-15)25(22,23)20-5-7-24-8-6-20/h1-4,9,11,18H,5-8,10H2,(H,19,21). The second-order valence-corrected chi connectivity index (χ2v) is 9.11. The van der Waals surface area contributed by atoms with Crippen molar-refractivity contribution in [2.75, 3.05) is 24.6 Å². The van der Waals surface area contributed by atoms with Crippen molar-refractivity contribution in [3.8, 4) is 0 Å². The van der Waals surface area contributed by atoms with Gasteiger partial charge in [-0.15, -0.1) is 0 Å². The van der Waals surface area contributed by atoms with E-state index in [-0.39, 0.29) is 23.0 Å². The van der Waals surface area contributed by atoms with Gasteiger partial charge in [-0.3, -0.25) is 4.79 Å². The van der Waals surface area contributed by atoms with Gasteiger partial charge in [0.25, 0.3) is 5.91 Å². The van der Waals surface area contributed by atoms with Gasteiger partial charge in [0.05, 0.1) is 0 Å². The molecule has 0 saturated carbocycles. The number of carbonyl (C=O) groups is 1. The van der Waals surface area contributed by atoms with Gasteiger partial charge in [-0.25, -0.2) is 8.42 Å². The first-order valence-electron chi connectivity index (χ1n) is 7.76. The molecule has 1 fully saturated rings. The highest BCUT2D eigenvalue weighted by Gasteiger charge is 2.27. The van der Waals surface area contributed by atoms with E-state index in [1.807, 2.05) is 18.2 Å². The maximum Gasteiger partial charge on any atom is 0.268 e. The van der Waals surface area contributed by atoms with Crippen LogP contribution in [0, 0.1) is 0 Å². The molecule has 2 aromatic rings. The van der Waals surface area contributed by atoms with E-state index in [4.69, 9.17) is 11.6 Å². The van der Waals surface area contributed by atoms with Gasteiger partial charge in [0.2, 0.25) is 10.0 Å². The van der Waals surface area contributed by atoms with Crippen LogP contribution in [0.15, 0.2) is 41.4 Å². The number of aromatic nitrogens is 1. The molecule has 1 aromatic heterocycles. The van der Waals surface area contributed by atoms with Crippen molar-refractivity contribution >= 4 is 39.3 Å². The number of thioether (sulfide) groups is 1. The lowest BCUT2D eigenvalue weighted by Crippen LogP contribution is -2.37. The molecule has 9 heteroatoms. The maximum atomic E-state index is 12.6. The summed E-state index contributed by atoms with van der Waals surface area (Å²) in [6, 6.07) is 8.60. The minimum atomic E-state index is -3.56. The van der Waals surface area contributed by atoms with Gasteiger partial charge in [0.1, 0.15) is 10.6 Å². The first kappa shape index (κ1) is 18.3. The molecule has 1 aliphatic heterocycles. The number of nitrogens with one attached hydrogen (secondary N) is 2. The zero-order valence-electron chi connectivity index (χ0n) is 13.4. The van der Waals surface area contributed by atoms with E-state index < -0.39 is 10.0 Å². The number of carbonyl (C=O) groups excluding carboxylic acids is 1. The quantitative estimate of drug-likeness (QED) is 0.808. The summed E-state index contributed by atoms with van der Waals surface area (Å²) in [6.07, 6.45) is 1.36. The molecule has 6 nitrogen and oxygen atoms in total. The molecule has 134 valence electrons. The predicted octanol–water partition coefficient (Wildman–Crippen LogP) is 2.34. The summed E-state index contributed by atoms with van der Waals surface area (Å²) in [7, 11) is -3.56. The molecule has 0 aliphatic carbocycles. The Balaban J connectivity index is 1.68. The Hall–Kier alpha value is -1.48. The summed E-state index contributed by atoms with van der Waals surface area (Å²) in [5.41, 5.74) is 1.000. The highest BCUT2D eigenvalue weighted by molar-refractivity contribution is 7.99. The zero-order valence-corrected chi connectivity index (χ0v) is 15.8. The van der Waals surface area contributed by atoms with Crippen LogP contribution in [0.4, 0.5) is 0 Å². The number of H-pyrrole nitrogens is 1. The number of benzene rings is 1. The van der Waals surface area contributed by atoms with Gasteiger partial charge in [-0.05, 0) is 17.7 Å². The fourth-order valence-electron chi connectivity index (χ4n) is 2.50. The van der Waals surface area contributed by atoms with Gasteiger partial charge < -0.3 is 10.3 Å². The Kier molecular flexibility index (Phi) is 5.73. The summed E-state index contributed by atoms with van der Waals surface area (Å²) in [5, 5.41) is 3.30. The topological polar surface area (TPSA) is 82.3 Å². The van der Waals surface area contributed by atoms with Crippen LogP contribution in [0.2, 0.25) is 5.02 Å². The molecule has 25 heavy (non-hydrogen) atoms. The maximum absolute atomic E-state index is 12.6. The first-order valence-corrected chi connectivity index (χ1v) is 10.7. The number of hydrogen-bond donors (Lipinski definition) is 2. The lowest BCUT2D eigenvalue weighted by Gasteiger charge is -2.24. The molecule has 0 atom stereocenters. The third-order valence-electron chi connectivity index (χ3n) is 3.91. The van der Waals surface area contributed by atoms with Crippen LogP contribution in [0.25, 0.3) is 0 Å². The first-order chi connectivity index (χ1) is 12.0. The number of halogens is 1. The summed E-state index contributed by atoms with van der Waals surface area (Å²) in [6.45, 7) is 1.25. The molecule has 1 aliphatic rings. The molecular formula is C16H18ClN3O3S2. The van der Waals surface area contributed by atoms with Crippen molar-refractivity contribution in [2.45, 2.75) is 11.4 Å². The smallest absolute Gasteiger partial charge is 0.268 e. The van der Waals surface area contributed by atoms with E-state index in [1.54, 1.807) is 17.8 Å². The Labute approximate surface area is 156 Å². The number of amides is 1. The van der Waals surface area contributed by atoms with Gasteiger partial charge in [0.15, 0.2) is 0 Å². The molecule has 2 heterocycles. The fourth-order valence-corrected chi connectivity index (χ4v) is 5.28. The summed E-state index contributed by atoms with van der Waals surface area (Å²) >= 11 is 7.79. The number of aromatic amines is 1. The molecule has 1 saturated heterocycles. The Bertz CT molecular complexity index is 861. The second kappa shape index (κ2) is 7.82. The molecular weight excluding hydrogens is 382 g/mol. The van der Waals surface area contributed by atoms with Gasteiger partial charge in [-0.1, -0.05) is 29.8 Å². The lowest BCUT2D eigenvalue weighted by molar-refractivity contribution is 0.0946. The Morgan fingerprint density at radius 3 is 2.72 bits per heavy atom. The van der Waals surface area contributed by atoms with Crippen LogP contribution < -0.4 is 5.32 Å². The van der Waals surface area contributed by atoms with Crippen molar-refractivity contribution in [3.05, 3.63) is 52.8 Å². The normalized spacial score (nSPS) is 15.9. The Morgan fingerprint density at radius 2 is 2.00 bits per heavy atom. The minimum Gasteiger partial charge on any atom is -0.356 e. The van der Waals surface area contributed by atoms with Crippen LogP contribution >= 0.6 is 23.4 Å². The fraction of sp³-hybridized carbons (Fsp3) is 0.312. The summed E-state index contributed by atoms with van der Waals surface area (Å²) < 4.78 is 26.6. The molecule has 0 unspecified atom stereocenters. The molecule has 0 radical (unpaired) electrons. The summed E-state index contributed by atoms with van der Waals surface area (Å²) in [5.74, 6) is 1.19. The molecule has 1 aromatic carbocycles. The van der Waals surface area contributed by atoms with Crippen molar-refractivity contribution in [2.24, 2.45) is 0 Å². The van der Waals surface area contributed by atoms with E-state index >= 15 is 0 Å². The van der Waals surface area contributed by atoms with Crippen LogP contribution in [-0.2, 0) is 16.6 Å². The Morgan fingerprint density at radius 1 is 1.28 bits per heavy atom. The number of nitrogens with zero attached hydrogens (tertiary/aromatic N) is 1. The molecule has 2 N–H and O–H groups in total. The van der Waals surface area contributed by atoms with Crippen LogP contribution in [0.3, 0.4) is 0 Å². The van der Waals surface area contributed by atoms with Crippen LogP contribution in [0.5, 0.6) is 0 Å². The highest BCUT2D eigenvalue weighted by Crippen LogP contribution is 2.21. The number of hydrogen-bond acceptors (Lipinski definition) is 4. The largest absolute Gasteiger partial charge is 0.356 e. The van der Waals surface area contributed by atoms with E-state index in [9.17, 15) is 13.2 Å². The van der Waals surface area contributed by atoms with E-state index in [2.05, 4.69) is 10.3 Å². The number of rotatable bonds is 5. The lowest BCUT2D eigenvalue weighted by atomic mass is 10.2. The van der Waals surface area contributed by atoms with Gasteiger partial charge in [0, 0.05) is 42.4 Å². The van der Waals surface area contributed by atoms with E-state index in [1.165, 1.54) is 16.6 Å². The summed E-state index contributed by atoms with van der Waals surface area (Å²) in [4.78, 5) is 15.1. The van der Waals surface area contributed by atoms with Crippen molar-refractivity contribution in [3.63, 3.8) is 0 Å². The SMILES string of the molecule is O=C(NCc1ccccc1Cl)c1cc(S(=O)(=O)N2CCSCC2)c[nH]1. The van der Waals surface area contributed by atoms with E-state index in [0.29, 0.717) is 18.1 Å². The zero-order chi connectivity index (χ0) is 17.9. The van der Waals surface area contributed by atoms with Crippen LogP contribution in [-0.4, -0.2) is 48.2 Å². The third kappa shape index (κ3) is 4.20. The van der Waals surface area contributed by atoms with E-state index in [0.717, 1.165) is 17.1 Å². The average molecular weight is 400 g/mol. The second-order valence-electron chi connectivity index (χ2n) is 5.54. The molecule has 0 spiro atoms. The van der Waals surface area contributed by atoms with Gasteiger partial charge >= 0.3 is 0 Å². The molecule has 0 bridgehead atoms. The van der Waals surface area contributed by atoms with Crippen molar-refractivity contribution in [1.82, 2.24) is 14.6 Å². The third-order valence-corrected chi connectivity index (χ3v) is 7.09. The van der Waals surface area contributed by atoms with Gasteiger partial charge in [-0.2, -0.15) is 16.1 Å². The minimum absolute atomic E-state index is 0.113. The number of sulfonamides is 1. The predicted molar refractivity (Wildman–Crippen MR) is 99.5 cm³/mol. The average Bonchev–Trinajstić information content (AvgIpc) is 3.12. The molecule has 1 amide bonds. The van der Waals surface area contributed by atoms with Crippen molar-refractivity contribution in [1.29, 1.82) is 0 Å². The molecule has 3 rings (SSSR count). The highest BCUT2D eigenvalue weighted by atomic mass is 35.5. The van der Waals surface area contributed by atoms with Crippen molar-refractivity contribution < 1.29 is 13.2 Å². The van der Waals surface area contributed by atoms with Crippen LogP contribution in [0.1, 0.15) is 16.1 Å².